The second kappa shape index (κ2) is 4.88. The third-order valence-corrected chi connectivity index (χ3v) is 3.33. The second-order valence-electron chi connectivity index (χ2n) is 4.81. The summed E-state index contributed by atoms with van der Waals surface area (Å²) in [6.45, 7) is 2.64. The molecule has 1 aliphatic carbocycles. The summed E-state index contributed by atoms with van der Waals surface area (Å²) in [7, 11) is 0. The Bertz CT molecular complexity index is 393. The van der Waals surface area contributed by atoms with Crippen molar-refractivity contribution in [2.45, 2.75) is 38.1 Å². The summed E-state index contributed by atoms with van der Waals surface area (Å²) in [5, 5.41) is 2.80. The van der Waals surface area contributed by atoms with Gasteiger partial charge in [-0.25, -0.2) is 0 Å². The molecule has 1 amide bonds. The minimum atomic E-state index is -0.0574. The summed E-state index contributed by atoms with van der Waals surface area (Å²) in [5.74, 6) is 0.120. The van der Waals surface area contributed by atoms with Gasteiger partial charge in [0.1, 0.15) is 0 Å². The van der Waals surface area contributed by atoms with Gasteiger partial charge < -0.3 is 11.1 Å². The first-order valence-corrected chi connectivity index (χ1v) is 6.29. The Labute approximate surface area is 102 Å². The average Bonchev–Trinajstić information content (AvgIpc) is 3.07. The van der Waals surface area contributed by atoms with Crippen LogP contribution in [0.15, 0.2) is 24.3 Å². The van der Waals surface area contributed by atoms with E-state index in [0.29, 0.717) is 13.0 Å². The van der Waals surface area contributed by atoms with E-state index in [2.05, 4.69) is 29.6 Å². The van der Waals surface area contributed by atoms with Crippen LogP contribution in [-0.4, -0.2) is 12.5 Å². The zero-order valence-electron chi connectivity index (χ0n) is 10.3. The number of hydrogen-bond donors (Lipinski definition) is 2. The smallest absolute Gasteiger partial charge is 0.220 e. The number of benzene rings is 1. The molecule has 0 bridgehead atoms. The van der Waals surface area contributed by atoms with Crippen LogP contribution in [0.5, 0.6) is 0 Å². The lowest BCUT2D eigenvalue weighted by Crippen LogP contribution is -2.22. The van der Waals surface area contributed by atoms with Crippen LogP contribution < -0.4 is 11.1 Å². The first-order valence-electron chi connectivity index (χ1n) is 6.29. The fraction of sp³-hybridized carbons (Fsp3) is 0.500. The van der Waals surface area contributed by atoms with Gasteiger partial charge in [0, 0.05) is 18.5 Å². The van der Waals surface area contributed by atoms with Gasteiger partial charge in [0.05, 0.1) is 0 Å². The number of aryl methyl sites for hydroxylation is 1. The molecule has 0 heterocycles. The molecule has 1 aromatic carbocycles. The van der Waals surface area contributed by atoms with Crippen LogP contribution in [0.4, 0.5) is 0 Å². The number of nitrogens with two attached hydrogens (primary N) is 1. The fourth-order valence-electron chi connectivity index (χ4n) is 1.97. The molecule has 3 heteroatoms. The Hall–Kier alpha value is -1.35. The van der Waals surface area contributed by atoms with E-state index in [-0.39, 0.29) is 11.4 Å². The molecular weight excluding hydrogens is 212 g/mol. The molecule has 0 radical (unpaired) electrons. The predicted octanol–water partition coefficient (Wildman–Crippen LogP) is 1.70. The summed E-state index contributed by atoms with van der Waals surface area (Å²) in [6.07, 6.45) is 3.53. The van der Waals surface area contributed by atoms with E-state index in [9.17, 15) is 4.79 Å². The second-order valence-corrected chi connectivity index (χ2v) is 4.81. The zero-order valence-corrected chi connectivity index (χ0v) is 10.3. The highest BCUT2D eigenvalue weighted by Gasteiger charge is 2.39. The number of nitrogens with one attached hydrogen (secondary N) is 1. The number of carbonyl (C=O) groups excluding carboxylic acids is 1. The van der Waals surface area contributed by atoms with Crippen molar-refractivity contribution in [2.75, 3.05) is 6.54 Å². The van der Waals surface area contributed by atoms with Crippen LogP contribution in [0.25, 0.3) is 0 Å². The quantitative estimate of drug-likeness (QED) is 0.812. The zero-order chi connectivity index (χ0) is 12.3. The van der Waals surface area contributed by atoms with Crippen LogP contribution in [0.3, 0.4) is 0 Å². The van der Waals surface area contributed by atoms with Gasteiger partial charge in [-0.15, -0.1) is 0 Å². The van der Waals surface area contributed by atoms with E-state index in [1.165, 1.54) is 11.1 Å². The highest BCUT2D eigenvalue weighted by molar-refractivity contribution is 5.76. The van der Waals surface area contributed by atoms with E-state index < -0.39 is 0 Å². The van der Waals surface area contributed by atoms with Crippen LogP contribution in [0, 0.1) is 0 Å². The normalized spacial score (nSPS) is 16.6. The largest absolute Gasteiger partial charge is 0.356 e. The molecular formula is C14H20N2O. The van der Waals surface area contributed by atoms with Crippen molar-refractivity contribution >= 4 is 5.91 Å². The molecule has 0 aliphatic heterocycles. The lowest BCUT2D eigenvalue weighted by atomic mass is 10.0. The molecule has 1 aromatic rings. The molecule has 0 atom stereocenters. The van der Waals surface area contributed by atoms with E-state index in [0.717, 1.165) is 19.3 Å². The van der Waals surface area contributed by atoms with E-state index >= 15 is 0 Å². The fourth-order valence-corrected chi connectivity index (χ4v) is 1.97. The SMILES string of the molecule is CCNC(=O)CCc1ccc(C2(N)CC2)cc1. The number of hydrogen-bond acceptors (Lipinski definition) is 2. The molecule has 2 rings (SSSR count). The summed E-state index contributed by atoms with van der Waals surface area (Å²) < 4.78 is 0. The highest BCUT2D eigenvalue weighted by atomic mass is 16.1. The van der Waals surface area contributed by atoms with Crippen molar-refractivity contribution in [3.05, 3.63) is 35.4 Å². The molecule has 0 spiro atoms. The molecule has 92 valence electrons. The third kappa shape index (κ3) is 3.07. The Morgan fingerprint density at radius 3 is 2.53 bits per heavy atom. The van der Waals surface area contributed by atoms with Crippen LogP contribution >= 0.6 is 0 Å². The lowest BCUT2D eigenvalue weighted by molar-refractivity contribution is -0.120. The van der Waals surface area contributed by atoms with Crippen LogP contribution in [0.2, 0.25) is 0 Å². The van der Waals surface area contributed by atoms with Gasteiger partial charge in [-0.2, -0.15) is 0 Å². The van der Waals surface area contributed by atoms with Gasteiger partial charge in [-0.3, -0.25) is 4.79 Å². The maximum Gasteiger partial charge on any atom is 0.220 e. The Balaban J connectivity index is 1.88. The molecule has 0 saturated heterocycles. The van der Waals surface area contributed by atoms with Gasteiger partial charge >= 0.3 is 0 Å². The standard InChI is InChI=1S/C14H20N2O/c1-2-16-13(17)8-5-11-3-6-12(7-4-11)14(15)9-10-14/h3-4,6-7H,2,5,8-10,15H2,1H3,(H,16,17). The van der Waals surface area contributed by atoms with Gasteiger partial charge in [-0.05, 0) is 37.3 Å². The Morgan fingerprint density at radius 2 is 2.00 bits per heavy atom. The average molecular weight is 232 g/mol. The molecule has 3 N–H and O–H groups in total. The topological polar surface area (TPSA) is 55.1 Å². The van der Waals surface area contributed by atoms with Crippen molar-refractivity contribution in [1.29, 1.82) is 0 Å². The first-order chi connectivity index (χ1) is 8.14. The van der Waals surface area contributed by atoms with Gasteiger partial charge in [-0.1, -0.05) is 24.3 Å². The number of amides is 1. The lowest BCUT2D eigenvalue weighted by Gasteiger charge is -2.09. The van der Waals surface area contributed by atoms with Gasteiger partial charge in [0.2, 0.25) is 5.91 Å². The minimum Gasteiger partial charge on any atom is -0.356 e. The van der Waals surface area contributed by atoms with Gasteiger partial charge in [0.25, 0.3) is 0 Å². The summed E-state index contributed by atoms with van der Waals surface area (Å²) in [6, 6.07) is 8.36. The molecule has 1 fully saturated rings. The summed E-state index contributed by atoms with van der Waals surface area (Å²) >= 11 is 0. The van der Waals surface area contributed by atoms with Crippen molar-refractivity contribution in [1.82, 2.24) is 5.32 Å². The molecule has 0 aromatic heterocycles. The minimum absolute atomic E-state index is 0.0574. The molecule has 17 heavy (non-hydrogen) atoms. The molecule has 1 saturated carbocycles. The Morgan fingerprint density at radius 1 is 1.35 bits per heavy atom. The summed E-state index contributed by atoms with van der Waals surface area (Å²) in [4.78, 5) is 11.3. The molecule has 1 aliphatic rings. The molecule has 3 nitrogen and oxygen atoms in total. The van der Waals surface area contributed by atoms with Gasteiger partial charge in [0.15, 0.2) is 0 Å². The summed E-state index contributed by atoms with van der Waals surface area (Å²) in [5.41, 5.74) is 8.48. The molecule has 0 unspecified atom stereocenters. The predicted molar refractivity (Wildman–Crippen MR) is 68.5 cm³/mol. The third-order valence-electron chi connectivity index (χ3n) is 3.33. The van der Waals surface area contributed by atoms with Crippen molar-refractivity contribution in [3.8, 4) is 0 Å². The Kier molecular flexibility index (Phi) is 3.48. The maximum atomic E-state index is 11.3. The highest BCUT2D eigenvalue weighted by Crippen LogP contribution is 2.42. The monoisotopic (exact) mass is 232 g/mol. The van der Waals surface area contributed by atoms with E-state index in [1.54, 1.807) is 0 Å². The number of rotatable bonds is 5. The van der Waals surface area contributed by atoms with Crippen molar-refractivity contribution < 1.29 is 4.79 Å². The van der Waals surface area contributed by atoms with Crippen LogP contribution in [0.1, 0.15) is 37.3 Å². The maximum absolute atomic E-state index is 11.3. The van der Waals surface area contributed by atoms with E-state index in [1.807, 2.05) is 6.92 Å². The van der Waals surface area contributed by atoms with Crippen LogP contribution in [-0.2, 0) is 16.8 Å². The van der Waals surface area contributed by atoms with Crippen molar-refractivity contribution in [2.24, 2.45) is 5.73 Å². The van der Waals surface area contributed by atoms with Crippen molar-refractivity contribution in [3.63, 3.8) is 0 Å². The first kappa shape index (κ1) is 12.1. The van der Waals surface area contributed by atoms with E-state index in [4.69, 9.17) is 5.73 Å². The number of carbonyl (C=O) groups is 1.